The Morgan fingerprint density at radius 3 is 2.73 bits per heavy atom. The van der Waals surface area contributed by atoms with E-state index in [1.54, 1.807) is 11.3 Å². The van der Waals surface area contributed by atoms with Crippen LogP contribution < -0.4 is 10.9 Å². The van der Waals surface area contributed by atoms with Crippen molar-refractivity contribution in [2.75, 3.05) is 0 Å². The van der Waals surface area contributed by atoms with Crippen LogP contribution in [0.5, 0.6) is 0 Å². The van der Waals surface area contributed by atoms with E-state index < -0.39 is 0 Å². The van der Waals surface area contributed by atoms with Crippen molar-refractivity contribution < 1.29 is 9.59 Å². The van der Waals surface area contributed by atoms with Gasteiger partial charge in [0, 0.05) is 10.8 Å². The molecule has 3 rings (SSSR count). The van der Waals surface area contributed by atoms with Gasteiger partial charge in [0.05, 0.1) is 4.88 Å². The van der Waals surface area contributed by atoms with E-state index in [1.165, 1.54) is 23.3 Å². The van der Waals surface area contributed by atoms with Crippen LogP contribution in [0.1, 0.15) is 65.6 Å². The van der Waals surface area contributed by atoms with Crippen LogP contribution in [-0.4, -0.2) is 11.8 Å². The Kier molecular flexibility index (Phi) is 4.81. The quantitative estimate of drug-likeness (QED) is 0.840. The summed E-state index contributed by atoms with van der Waals surface area (Å²) in [5, 5.41) is 0. The van der Waals surface area contributed by atoms with Crippen molar-refractivity contribution in [2.24, 2.45) is 11.8 Å². The van der Waals surface area contributed by atoms with E-state index in [4.69, 9.17) is 0 Å². The molecule has 0 bridgehead atoms. The number of hydrazine groups is 1. The van der Waals surface area contributed by atoms with Gasteiger partial charge >= 0.3 is 0 Å². The second kappa shape index (κ2) is 6.82. The highest BCUT2D eigenvalue weighted by Gasteiger charge is 2.24. The largest absolute Gasteiger partial charge is 0.279 e. The van der Waals surface area contributed by atoms with Gasteiger partial charge < -0.3 is 0 Å². The van der Waals surface area contributed by atoms with Crippen molar-refractivity contribution in [3.05, 3.63) is 21.4 Å². The summed E-state index contributed by atoms with van der Waals surface area (Å²) in [6.45, 7) is 2.23. The molecule has 0 radical (unpaired) electrons. The van der Waals surface area contributed by atoms with Gasteiger partial charge in [0.2, 0.25) is 5.91 Å². The fourth-order valence-electron chi connectivity index (χ4n) is 3.53. The van der Waals surface area contributed by atoms with Crippen molar-refractivity contribution in [1.29, 1.82) is 0 Å². The molecule has 2 aliphatic carbocycles. The first-order valence-corrected chi connectivity index (χ1v) is 9.20. The predicted molar refractivity (Wildman–Crippen MR) is 87.7 cm³/mol. The number of amides is 2. The smallest absolute Gasteiger partial charge is 0.273 e. The molecule has 1 aromatic heterocycles. The van der Waals surface area contributed by atoms with E-state index in [9.17, 15) is 9.59 Å². The van der Waals surface area contributed by atoms with Gasteiger partial charge in [-0.05, 0) is 49.7 Å². The molecule has 5 heteroatoms. The molecule has 1 heterocycles. The van der Waals surface area contributed by atoms with Crippen LogP contribution in [0.25, 0.3) is 0 Å². The lowest BCUT2D eigenvalue weighted by atomic mass is 9.87. The van der Waals surface area contributed by atoms with Crippen LogP contribution in [0.15, 0.2) is 6.07 Å². The average Bonchev–Trinajstić information content (AvgIpc) is 3.20. The number of hydrogen-bond acceptors (Lipinski definition) is 3. The molecule has 1 atom stereocenters. The molecule has 1 fully saturated rings. The molecule has 0 saturated heterocycles. The zero-order chi connectivity index (χ0) is 15.5. The molecule has 2 aliphatic rings. The van der Waals surface area contributed by atoms with E-state index in [0.29, 0.717) is 4.88 Å². The minimum absolute atomic E-state index is 0.0433. The summed E-state index contributed by atoms with van der Waals surface area (Å²) in [6, 6.07) is 2.01. The summed E-state index contributed by atoms with van der Waals surface area (Å²) < 4.78 is 0. The number of carbonyl (C=O) groups is 2. The van der Waals surface area contributed by atoms with E-state index in [-0.39, 0.29) is 17.7 Å². The summed E-state index contributed by atoms with van der Waals surface area (Å²) in [4.78, 5) is 26.2. The van der Waals surface area contributed by atoms with Crippen LogP contribution in [0, 0.1) is 11.8 Å². The number of rotatable bonds is 3. The minimum Gasteiger partial charge on any atom is -0.273 e. The monoisotopic (exact) mass is 320 g/mol. The maximum atomic E-state index is 12.2. The first kappa shape index (κ1) is 15.5. The molecular weight excluding hydrogens is 296 g/mol. The molecule has 0 aliphatic heterocycles. The standard InChI is InChI=1S/C17H24N2O2S/c1-2-11-7-8-14-13(9-11)10-15(22-14)17(21)19-18-16(20)12-5-3-4-6-12/h10-12H,2-9H2,1H3,(H,18,20)(H,19,21)/t11-/m0/s1. The lowest BCUT2D eigenvalue weighted by molar-refractivity contribution is -0.125. The van der Waals surface area contributed by atoms with Crippen LogP contribution in [0.2, 0.25) is 0 Å². The van der Waals surface area contributed by atoms with Gasteiger partial charge in [-0.2, -0.15) is 0 Å². The minimum atomic E-state index is -0.182. The van der Waals surface area contributed by atoms with Crippen molar-refractivity contribution in [1.82, 2.24) is 10.9 Å². The number of hydrogen-bond donors (Lipinski definition) is 2. The predicted octanol–water partition coefficient (Wildman–Crippen LogP) is 3.21. The highest BCUT2D eigenvalue weighted by atomic mass is 32.1. The number of nitrogens with one attached hydrogen (secondary N) is 2. The van der Waals surface area contributed by atoms with Gasteiger partial charge in [-0.1, -0.05) is 26.2 Å². The van der Waals surface area contributed by atoms with Crippen LogP contribution >= 0.6 is 11.3 Å². The average molecular weight is 320 g/mol. The molecular formula is C17H24N2O2S. The van der Waals surface area contributed by atoms with E-state index >= 15 is 0 Å². The molecule has 1 aromatic rings. The fourth-order valence-corrected chi connectivity index (χ4v) is 4.63. The molecule has 0 unspecified atom stereocenters. The highest BCUT2D eigenvalue weighted by Crippen LogP contribution is 2.33. The molecule has 120 valence electrons. The van der Waals surface area contributed by atoms with Gasteiger partial charge in [0.25, 0.3) is 5.91 Å². The topological polar surface area (TPSA) is 58.2 Å². The molecule has 1 saturated carbocycles. The highest BCUT2D eigenvalue weighted by molar-refractivity contribution is 7.14. The SMILES string of the molecule is CC[C@H]1CCc2sc(C(=O)NNC(=O)C3CCCC3)cc2C1. The Morgan fingerprint density at radius 2 is 2.00 bits per heavy atom. The number of fused-ring (bicyclic) bond motifs is 1. The first-order chi connectivity index (χ1) is 10.7. The Morgan fingerprint density at radius 1 is 1.23 bits per heavy atom. The number of carbonyl (C=O) groups excluding carboxylic acids is 2. The number of thiophene rings is 1. The van der Waals surface area contributed by atoms with Crippen molar-refractivity contribution >= 4 is 23.2 Å². The lowest BCUT2D eigenvalue weighted by Gasteiger charge is -2.19. The van der Waals surface area contributed by atoms with Gasteiger partial charge in [0.1, 0.15) is 0 Å². The van der Waals surface area contributed by atoms with Crippen molar-refractivity contribution in [3.63, 3.8) is 0 Å². The Hall–Kier alpha value is -1.36. The van der Waals surface area contributed by atoms with Crippen molar-refractivity contribution in [2.45, 2.75) is 58.3 Å². The third-order valence-corrected chi connectivity index (χ3v) is 6.25. The summed E-state index contributed by atoms with van der Waals surface area (Å²) >= 11 is 1.58. The summed E-state index contributed by atoms with van der Waals surface area (Å²) in [7, 11) is 0. The number of aryl methyl sites for hydroxylation is 1. The molecule has 4 nitrogen and oxygen atoms in total. The third kappa shape index (κ3) is 3.35. The first-order valence-electron chi connectivity index (χ1n) is 8.39. The second-order valence-electron chi connectivity index (χ2n) is 6.50. The normalized spacial score (nSPS) is 21.4. The van der Waals surface area contributed by atoms with Gasteiger partial charge in [-0.15, -0.1) is 11.3 Å². The summed E-state index contributed by atoms with van der Waals surface area (Å²) in [5.74, 6) is 0.597. The third-order valence-electron chi connectivity index (χ3n) is 5.01. The van der Waals surface area contributed by atoms with Crippen LogP contribution in [0.3, 0.4) is 0 Å². The zero-order valence-electron chi connectivity index (χ0n) is 13.1. The lowest BCUT2D eigenvalue weighted by Crippen LogP contribution is -2.43. The van der Waals surface area contributed by atoms with E-state index in [2.05, 4.69) is 17.8 Å². The molecule has 2 amide bonds. The van der Waals surface area contributed by atoms with Gasteiger partial charge in [-0.25, -0.2) is 0 Å². The van der Waals surface area contributed by atoms with Crippen molar-refractivity contribution in [3.8, 4) is 0 Å². The fraction of sp³-hybridized carbons (Fsp3) is 0.647. The Bertz CT molecular complexity index is 561. The molecule has 0 aromatic carbocycles. The van der Waals surface area contributed by atoms with E-state index in [1.807, 2.05) is 6.07 Å². The molecule has 0 spiro atoms. The van der Waals surface area contributed by atoms with E-state index in [0.717, 1.165) is 44.4 Å². The zero-order valence-corrected chi connectivity index (χ0v) is 13.9. The van der Waals surface area contributed by atoms with Crippen LogP contribution in [-0.2, 0) is 17.6 Å². The van der Waals surface area contributed by atoms with Crippen LogP contribution in [0.4, 0.5) is 0 Å². The summed E-state index contributed by atoms with van der Waals surface area (Å²) in [6.07, 6.45) is 8.70. The molecule has 2 N–H and O–H groups in total. The van der Waals surface area contributed by atoms with Gasteiger partial charge in [-0.3, -0.25) is 20.4 Å². The Labute approximate surface area is 135 Å². The maximum Gasteiger partial charge on any atom is 0.279 e. The molecule has 22 heavy (non-hydrogen) atoms. The summed E-state index contributed by atoms with van der Waals surface area (Å²) in [5.41, 5.74) is 6.50. The Balaban J connectivity index is 1.56. The second-order valence-corrected chi connectivity index (χ2v) is 7.64. The maximum absolute atomic E-state index is 12.2. The van der Waals surface area contributed by atoms with Gasteiger partial charge in [0.15, 0.2) is 0 Å².